The van der Waals surface area contributed by atoms with Crippen molar-refractivity contribution in [3.05, 3.63) is 12.2 Å². The lowest BCUT2D eigenvalue weighted by molar-refractivity contribution is 0.135. The van der Waals surface area contributed by atoms with Crippen LogP contribution in [-0.2, 0) is 0 Å². The van der Waals surface area contributed by atoms with Crippen molar-refractivity contribution in [3.63, 3.8) is 0 Å². The highest BCUT2D eigenvalue weighted by atomic mass is 16.3. The van der Waals surface area contributed by atoms with Crippen LogP contribution in [0.4, 0.5) is 0 Å². The molecule has 0 bridgehead atoms. The van der Waals surface area contributed by atoms with Crippen molar-refractivity contribution in [2.75, 3.05) is 0 Å². The van der Waals surface area contributed by atoms with E-state index in [9.17, 15) is 5.11 Å². The molecule has 1 nitrogen and oxygen atoms in total. The van der Waals surface area contributed by atoms with Gasteiger partial charge >= 0.3 is 0 Å². The van der Waals surface area contributed by atoms with Gasteiger partial charge in [0.1, 0.15) is 0 Å². The molecule has 0 aromatic carbocycles. The van der Waals surface area contributed by atoms with Gasteiger partial charge in [0.15, 0.2) is 0 Å². The van der Waals surface area contributed by atoms with E-state index in [1.807, 2.05) is 6.92 Å². The number of hydrogen-bond acceptors (Lipinski definition) is 1. The van der Waals surface area contributed by atoms with Gasteiger partial charge in [-0.25, -0.2) is 0 Å². The lowest BCUT2D eigenvalue weighted by atomic mass is 9.97. The Morgan fingerprint density at radius 3 is 2.50 bits per heavy atom. The Morgan fingerprint density at radius 1 is 1.50 bits per heavy atom. The molecule has 0 saturated carbocycles. The van der Waals surface area contributed by atoms with Crippen molar-refractivity contribution in [1.82, 2.24) is 0 Å². The van der Waals surface area contributed by atoms with Crippen molar-refractivity contribution in [3.8, 4) is 0 Å². The Labute approximate surface area is 76.5 Å². The Kier molecular flexibility index (Phi) is 6.09. The first kappa shape index (κ1) is 11.7. The van der Waals surface area contributed by atoms with E-state index in [1.54, 1.807) is 0 Å². The van der Waals surface area contributed by atoms with E-state index in [2.05, 4.69) is 20.4 Å². The van der Waals surface area contributed by atoms with E-state index in [-0.39, 0.29) is 6.10 Å². The van der Waals surface area contributed by atoms with E-state index < -0.39 is 0 Å². The Hall–Kier alpha value is -0.300. The number of rotatable bonds is 6. The maximum atomic E-state index is 9.56. The third-order valence-corrected chi connectivity index (χ3v) is 2.28. The number of aliphatic hydroxyl groups is 1. The topological polar surface area (TPSA) is 20.2 Å². The molecule has 2 unspecified atom stereocenters. The van der Waals surface area contributed by atoms with Gasteiger partial charge in [-0.3, -0.25) is 0 Å². The molecule has 0 heterocycles. The van der Waals surface area contributed by atoms with E-state index in [1.165, 1.54) is 5.57 Å². The average molecular weight is 170 g/mol. The summed E-state index contributed by atoms with van der Waals surface area (Å²) >= 11 is 0. The van der Waals surface area contributed by atoms with Gasteiger partial charge in [-0.05, 0) is 32.1 Å². The average Bonchev–Trinajstić information content (AvgIpc) is 2.00. The molecule has 0 saturated heterocycles. The highest BCUT2D eigenvalue weighted by Crippen LogP contribution is 2.14. The first-order chi connectivity index (χ1) is 5.56. The van der Waals surface area contributed by atoms with Gasteiger partial charge in [0.2, 0.25) is 0 Å². The quantitative estimate of drug-likeness (QED) is 0.607. The molecule has 1 heteroatoms. The summed E-state index contributed by atoms with van der Waals surface area (Å²) in [5.41, 5.74) is 1.17. The molecule has 1 N–H and O–H groups in total. The summed E-state index contributed by atoms with van der Waals surface area (Å²) in [7, 11) is 0. The van der Waals surface area contributed by atoms with Crippen LogP contribution in [0.1, 0.15) is 46.5 Å². The molecule has 0 aromatic rings. The highest BCUT2D eigenvalue weighted by molar-refractivity contribution is 4.88. The third-order valence-electron chi connectivity index (χ3n) is 2.28. The minimum absolute atomic E-state index is 0.128. The van der Waals surface area contributed by atoms with E-state index in [0.29, 0.717) is 5.92 Å². The van der Waals surface area contributed by atoms with Gasteiger partial charge in [-0.1, -0.05) is 25.8 Å². The standard InChI is InChI=1S/C11H22O/c1-5-10(4)8-11(12)7-6-9(2)3/h10-12H,2,5-8H2,1,3-4H3. The van der Waals surface area contributed by atoms with Crippen LogP contribution in [0.25, 0.3) is 0 Å². The molecule has 12 heavy (non-hydrogen) atoms. The monoisotopic (exact) mass is 170 g/mol. The maximum absolute atomic E-state index is 9.56. The molecule has 0 fully saturated rings. The normalized spacial score (nSPS) is 15.7. The molecule has 0 radical (unpaired) electrons. The van der Waals surface area contributed by atoms with Crippen molar-refractivity contribution in [2.45, 2.75) is 52.6 Å². The molecule has 72 valence electrons. The Morgan fingerprint density at radius 2 is 2.08 bits per heavy atom. The first-order valence-electron chi connectivity index (χ1n) is 4.88. The minimum atomic E-state index is -0.128. The lowest BCUT2D eigenvalue weighted by Gasteiger charge is -2.14. The van der Waals surface area contributed by atoms with Gasteiger partial charge in [0.05, 0.1) is 6.10 Å². The predicted molar refractivity (Wildman–Crippen MR) is 54.1 cm³/mol. The molecule has 0 spiro atoms. The van der Waals surface area contributed by atoms with Gasteiger partial charge in [-0.2, -0.15) is 0 Å². The van der Waals surface area contributed by atoms with E-state index >= 15 is 0 Å². The van der Waals surface area contributed by atoms with Crippen LogP contribution in [0.3, 0.4) is 0 Å². The van der Waals surface area contributed by atoms with Gasteiger partial charge in [0, 0.05) is 0 Å². The van der Waals surface area contributed by atoms with Crippen LogP contribution in [0.2, 0.25) is 0 Å². The lowest BCUT2D eigenvalue weighted by Crippen LogP contribution is -2.11. The molecule has 0 aliphatic carbocycles. The fourth-order valence-corrected chi connectivity index (χ4v) is 1.16. The van der Waals surface area contributed by atoms with Gasteiger partial charge < -0.3 is 5.11 Å². The molecular formula is C11H22O. The summed E-state index contributed by atoms with van der Waals surface area (Å²) in [6.07, 6.45) is 3.79. The highest BCUT2D eigenvalue weighted by Gasteiger charge is 2.08. The first-order valence-corrected chi connectivity index (χ1v) is 4.88. The summed E-state index contributed by atoms with van der Waals surface area (Å²) in [5, 5.41) is 9.56. The Balaban J connectivity index is 3.45. The van der Waals surface area contributed by atoms with Crippen LogP contribution >= 0.6 is 0 Å². The smallest absolute Gasteiger partial charge is 0.0545 e. The number of allylic oxidation sites excluding steroid dienone is 1. The molecule has 0 rings (SSSR count). The summed E-state index contributed by atoms with van der Waals surface area (Å²) in [4.78, 5) is 0. The molecule has 0 aliphatic rings. The van der Waals surface area contributed by atoms with Crippen LogP contribution in [0.15, 0.2) is 12.2 Å². The van der Waals surface area contributed by atoms with Crippen molar-refractivity contribution in [1.29, 1.82) is 0 Å². The maximum Gasteiger partial charge on any atom is 0.0545 e. The van der Waals surface area contributed by atoms with Crippen LogP contribution < -0.4 is 0 Å². The molecule has 2 atom stereocenters. The predicted octanol–water partition coefficient (Wildman–Crippen LogP) is 3.14. The van der Waals surface area contributed by atoms with Crippen LogP contribution in [-0.4, -0.2) is 11.2 Å². The summed E-state index contributed by atoms with van der Waals surface area (Å²) in [6, 6.07) is 0. The SMILES string of the molecule is C=C(C)CCC(O)CC(C)CC. The fourth-order valence-electron chi connectivity index (χ4n) is 1.16. The van der Waals surface area contributed by atoms with Crippen molar-refractivity contribution in [2.24, 2.45) is 5.92 Å². The number of aliphatic hydroxyl groups excluding tert-OH is 1. The molecular weight excluding hydrogens is 148 g/mol. The summed E-state index contributed by atoms with van der Waals surface area (Å²) in [5.74, 6) is 0.644. The fraction of sp³-hybridized carbons (Fsp3) is 0.818. The molecule has 0 aromatic heterocycles. The van der Waals surface area contributed by atoms with Gasteiger partial charge in [0.25, 0.3) is 0 Å². The van der Waals surface area contributed by atoms with E-state index in [0.717, 1.165) is 25.7 Å². The van der Waals surface area contributed by atoms with Crippen LogP contribution in [0.5, 0.6) is 0 Å². The zero-order valence-corrected chi connectivity index (χ0v) is 8.64. The second-order valence-electron chi connectivity index (χ2n) is 3.90. The molecule has 0 amide bonds. The number of hydrogen-bond donors (Lipinski definition) is 1. The zero-order valence-electron chi connectivity index (χ0n) is 8.64. The second-order valence-corrected chi connectivity index (χ2v) is 3.90. The van der Waals surface area contributed by atoms with Crippen molar-refractivity contribution >= 4 is 0 Å². The summed E-state index contributed by atoms with van der Waals surface area (Å²) < 4.78 is 0. The second kappa shape index (κ2) is 6.24. The largest absolute Gasteiger partial charge is 0.393 e. The minimum Gasteiger partial charge on any atom is -0.393 e. The molecule has 0 aliphatic heterocycles. The van der Waals surface area contributed by atoms with E-state index in [4.69, 9.17) is 0 Å². The van der Waals surface area contributed by atoms with Gasteiger partial charge in [-0.15, -0.1) is 6.58 Å². The summed E-state index contributed by atoms with van der Waals surface area (Å²) in [6.45, 7) is 10.2. The van der Waals surface area contributed by atoms with Crippen LogP contribution in [0, 0.1) is 5.92 Å². The van der Waals surface area contributed by atoms with Crippen molar-refractivity contribution < 1.29 is 5.11 Å². The Bertz CT molecular complexity index is 129. The zero-order chi connectivity index (χ0) is 9.56. The third kappa shape index (κ3) is 6.41.